The maximum absolute atomic E-state index is 6.02. The standard InChI is InChI=1S/C17H24ClN3/c1-4-9-21(11-10-20(2)3)17-16-8-6-5-7-14(16)12-15(13-18)19-17/h5-8,12H,4,9-11,13H2,1-3H3. The van der Waals surface area contributed by atoms with Crippen molar-refractivity contribution in [3.05, 3.63) is 36.0 Å². The molecular weight excluding hydrogens is 282 g/mol. The Balaban J connectivity index is 2.44. The number of pyridine rings is 1. The third kappa shape index (κ3) is 4.08. The summed E-state index contributed by atoms with van der Waals surface area (Å²) in [5.41, 5.74) is 0.941. The summed E-state index contributed by atoms with van der Waals surface area (Å²) in [6.45, 7) is 5.21. The molecule has 2 rings (SSSR count). The molecule has 0 aliphatic heterocycles. The smallest absolute Gasteiger partial charge is 0.136 e. The highest BCUT2D eigenvalue weighted by molar-refractivity contribution is 6.17. The summed E-state index contributed by atoms with van der Waals surface area (Å²) >= 11 is 6.02. The third-order valence-electron chi connectivity index (χ3n) is 3.52. The minimum Gasteiger partial charge on any atom is -0.355 e. The number of aromatic nitrogens is 1. The van der Waals surface area contributed by atoms with Crippen LogP contribution in [-0.2, 0) is 5.88 Å². The molecule has 21 heavy (non-hydrogen) atoms. The first-order chi connectivity index (χ1) is 10.2. The average molecular weight is 306 g/mol. The Morgan fingerprint density at radius 1 is 1.10 bits per heavy atom. The van der Waals surface area contributed by atoms with Gasteiger partial charge in [0.25, 0.3) is 0 Å². The lowest BCUT2D eigenvalue weighted by molar-refractivity contribution is 0.412. The molecule has 0 N–H and O–H groups in total. The second-order valence-electron chi connectivity index (χ2n) is 5.58. The van der Waals surface area contributed by atoms with Crippen molar-refractivity contribution in [1.82, 2.24) is 9.88 Å². The molecule has 0 aliphatic rings. The van der Waals surface area contributed by atoms with E-state index in [2.05, 4.69) is 61.2 Å². The summed E-state index contributed by atoms with van der Waals surface area (Å²) in [6, 6.07) is 10.5. The summed E-state index contributed by atoms with van der Waals surface area (Å²) in [7, 11) is 4.20. The molecule has 0 bridgehead atoms. The normalized spacial score (nSPS) is 11.3. The molecule has 114 valence electrons. The largest absolute Gasteiger partial charge is 0.355 e. The fraction of sp³-hybridized carbons (Fsp3) is 0.471. The molecule has 1 aromatic carbocycles. The molecule has 0 saturated heterocycles. The zero-order valence-corrected chi connectivity index (χ0v) is 13.9. The van der Waals surface area contributed by atoms with Crippen LogP contribution in [0.25, 0.3) is 10.8 Å². The first-order valence-corrected chi connectivity index (χ1v) is 8.03. The number of fused-ring (bicyclic) bond motifs is 1. The summed E-state index contributed by atoms with van der Waals surface area (Å²) in [5, 5.41) is 2.42. The summed E-state index contributed by atoms with van der Waals surface area (Å²) < 4.78 is 0. The molecule has 0 spiro atoms. The van der Waals surface area contributed by atoms with Crippen LogP contribution < -0.4 is 4.90 Å². The Bertz CT molecular complexity index is 583. The van der Waals surface area contributed by atoms with E-state index >= 15 is 0 Å². The summed E-state index contributed by atoms with van der Waals surface area (Å²) in [6.07, 6.45) is 1.11. The van der Waals surface area contributed by atoms with E-state index in [9.17, 15) is 0 Å². The lowest BCUT2D eigenvalue weighted by atomic mass is 10.1. The van der Waals surface area contributed by atoms with Crippen molar-refractivity contribution < 1.29 is 0 Å². The van der Waals surface area contributed by atoms with Gasteiger partial charge in [0.1, 0.15) is 5.82 Å². The number of likely N-dealkylation sites (N-methyl/N-ethyl adjacent to an activating group) is 1. The molecule has 4 heteroatoms. The maximum Gasteiger partial charge on any atom is 0.136 e. The van der Waals surface area contributed by atoms with Gasteiger partial charge in [-0.25, -0.2) is 4.98 Å². The van der Waals surface area contributed by atoms with E-state index in [4.69, 9.17) is 16.6 Å². The SMILES string of the molecule is CCCN(CCN(C)C)c1nc(CCl)cc2ccccc12. The van der Waals surface area contributed by atoms with Crippen LogP contribution in [0, 0.1) is 0 Å². The molecule has 1 aromatic heterocycles. The first-order valence-electron chi connectivity index (χ1n) is 7.50. The number of halogens is 1. The highest BCUT2D eigenvalue weighted by Gasteiger charge is 2.13. The molecule has 0 fully saturated rings. The number of anilines is 1. The van der Waals surface area contributed by atoms with E-state index in [-0.39, 0.29) is 0 Å². The van der Waals surface area contributed by atoms with E-state index in [1.807, 2.05) is 0 Å². The maximum atomic E-state index is 6.02. The second kappa shape index (κ2) is 7.62. The van der Waals surface area contributed by atoms with Crippen LogP contribution in [0.2, 0.25) is 0 Å². The molecule has 1 heterocycles. The van der Waals surface area contributed by atoms with Crippen molar-refractivity contribution >= 4 is 28.2 Å². The van der Waals surface area contributed by atoms with Crippen LogP contribution in [0.15, 0.2) is 30.3 Å². The zero-order chi connectivity index (χ0) is 15.2. The number of hydrogen-bond donors (Lipinski definition) is 0. The molecule has 0 atom stereocenters. The lowest BCUT2D eigenvalue weighted by Gasteiger charge is -2.26. The van der Waals surface area contributed by atoms with Crippen molar-refractivity contribution in [3.63, 3.8) is 0 Å². The fourth-order valence-electron chi connectivity index (χ4n) is 2.46. The predicted molar refractivity (Wildman–Crippen MR) is 92.4 cm³/mol. The Morgan fingerprint density at radius 3 is 2.52 bits per heavy atom. The van der Waals surface area contributed by atoms with Gasteiger partial charge in [0.05, 0.1) is 11.6 Å². The zero-order valence-electron chi connectivity index (χ0n) is 13.1. The molecule has 0 aliphatic carbocycles. The van der Waals surface area contributed by atoms with Gasteiger partial charge < -0.3 is 9.80 Å². The highest BCUT2D eigenvalue weighted by Crippen LogP contribution is 2.26. The van der Waals surface area contributed by atoms with Gasteiger partial charge in [-0.2, -0.15) is 0 Å². The Labute approximate surface area is 132 Å². The van der Waals surface area contributed by atoms with Gasteiger partial charge in [-0.15, -0.1) is 11.6 Å². The quantitative estimate of drug-likeness (QED) is 0.726. The average Bonchev–Trinajstić information content (AvgIpc) is 2.50. The number of hydrogen-bond acceptors (Lipinski definition) is 3. The van der Waals surface area contributed by atoms with Crippen LogP contribution in [0.5, 0.6) is 0 Å². The van der Waals surface area contributed by atoms with Gasteiger partial charge in [0.15, 0.2) is 0 Å². The molecule has 0 saturated carbocycles. The number of benzene rings is 1. The predicted octanol–water partition coefficient (Wildman–Crippen LogP) is 3.75. The molecule has 2 aromatic rings. The minimum atomic E-state index is 0.450. The van der Waals surface area contributed by atoms with E-state index in [1.54, 1.807) is 0 Å². The van der Waals surface area contributed by atoms with Crippen LogP contribution in [0.4, 0.5) is 5.82 Å². The Hall–Kier alpha value is -1.32. The van der Waals surface area contributed by atoms with Crippen molar-refractivity contribution in [1.29, 1.82) is 0 Å². The second-order valence-corrected chi connectivity index (χ2v) is 5.85. The monoisotopic (exact) mass is 305 g/mol. The summed E-state index contributed by atoms with van der Waals surface area (Å²) in [5.74, 6) is 1.51. The van der Waals surface area contributed by atoms with Gasteiger partial charge in [-0.3, -0.25) is 0 Å². The van der Waals surface area contributed by atoms with E-state index in [0.717, 1.165) is 37.6 Å². The number of rotatable bonds is 7. The third-order valence-corrected chi connectivity index (χ3v) is 3.79. The van der Waals surface area contributed by atoms with E-state index < -0.39 is 0 Å². The topological polar surface area (TPSA) is 19.4 Å². The number of alkyl halides is 1. The molecule has 0 amide bonds. The van der Waals surface area contributed by atoms with Crippen LogP contribution in [0.1, 0.15) is 19.0 Å². The number of nitrogens with zero attached hydrogens (tertiary/aromatic N) is 3. The first kappa shape index (κ1) is 16.1. The van der Waals surface area contributed by atoms with Gasteiger partial charge in [0, 0.05) is 25.0 Å². The van der Waals surface area contributed by atoms with Crippen LogP contribution >= 0.6 is 11.6 Å². The molecule has 3 nitrogen and oxygen atoms in total. The van der Waals surface area contributed by atoms with Gasteiger partial charge in [0.2, 0.25) is 0 Å². The van der Waals surface area contributed by atoms with E-state index in [1.165, 1.54) is 10.8 Å². The Morgan fingerprint density at radius 2 is 1.86 bits per heavy atom. The van der Waals surface area contributed by atoms with Gasteiger partial charge in [-0.05, 0) is 32.0 Å². The van der Waals surface area contributed by atoms with E-state index in [0.29, 0.717) is 5.88 Å². The lowest BCUT2D eigenvalue weighted by Crippen LogP contribution is -2.33. The van der Waals surface area contributed by atoms with Crippen LogP contribution in [0.3, 0.4) is 0 Å². The molecule has 0 unspecified atom stereocenters. The highest BCUT2D eigenvalue weighted by atomic mass is 35.5. The van der Waals surface area contributed by atoms with Gasteiger partial charge >= 0.3 is 0 Å². The van der Waals surface area contributed by atoms with Crippen molar-refractivity contribution in [3.8, 4) is 0 Å². The van der Waals surface area contributed by atoms with Crippen molar-refractivity contribution in [2.75, 3.05) is 38.6 Å². The van der Waals surface area contributed by atoms with Crippen LogP contribution in [-0.4, -0.2) is 43.6 Å². The summed E-state index contributed by atoms with van der Waals surface area (Å²) in [4.78, 5) is 9.37. The molecular formula is C17H24ClN3. The Kier molecular flexibility index (Phi) is 5.83. The van der Waals surface area contributed by atoms with Gasteiger partial charge in [-0.1, -0.05) is 31.2 Å². The van der Waals surface area contributed by atoms with Crippen molar-refractivity contribution in [2.24, 2.45) is 0 Å². The van der Waals surface area contributed by atoms with Crippen molar-refractivity contribution in [2.45, 2.75) is 19.2 Å². The fourth-order valence-corrected chi connectivity index (χ4v) is 2.60. The molecule has 0 radical (unpaired) electrons. The minimum absolute atomic E-state index is 0.450.